The molecule has 1 fully saturated rings. The van der Waals surface area contributed by atoms with Crippen LogP contribution >= 0.6 is 23.6 Å². The van der Waals surface area contributed by atoms with Crippen LogP contribution in [0.2, 0.25) is 0 Å². The molecular formula is C19H20N6O2S2. The Morgan fingerprint density at radius 2 is 2.00 bits per heavy atom. The van der Waals surface area contributed by atoms with Crippen LogP contribution in [-0.4, -0.2) is 56.4 Å². The summed E-state index contributed by atoms with van der Waals surface area (Å²) in [5.41, 5.74) is 1.34. The maximum absolute atomic E-state index is 11.5. The molecule has 0 bridgehead atoms. The number of nitrogens with zero attached hydrogens (tertiary/aromatic N) is 5. The lowest BCUT2D eigenvalue weighted by Gasteiger charge is -2.33. The molecule has 4 rings (SSSR count). The molecule has 0 amide bonds. The first-order valence-corrected chi connectivity index (χ1v) is 10.5. The van der Waals surface area contributed by atoms with Crippen molar-refractivity contribution in [2.75, 3.05) is 25.5 Å². The summed E-state index contributed by atoms with van der Waals surface area (Å²) in [4.78, 5) is 16.4. The van der Waals surface area contributed by atoms with E-state index in [2.05, 4.69) is 25.6 Å². The Kier molecular flexibility index (Phi) is 5.81. The molecule has 1 aromatic carbocycles. The van der Waals surface area contributed by atoms with Crippen molar-refractivity contribution in [3.05, 3.63) is 47.3 Å². The molecule has 0 spiro atoms. The van der Waals surface area contributed by atoms with Crippen molar-refractivity contribution in [3.8, 4) is 10.7 Å². The molecule has 29 heavy (non-hydrogen) atoms. The zero-order chi connectivity index (χ0) is 20.2. The van der Waals surface area contributed by atoms with Gasteiger partial charge in [0.2, 0.25) is 5.82 Å². The number of nitrogens with one attached hydrogen (secondary N) is 1. The summed E-state index contributed by atoms with van der Waals surface area (Å²) in [6, 6.07) is 11.3. The van der Waals surface area contributed by atoms with Crippen LogP contribution in [-0.2, 0) is 4.74 Å². The highest BCUT2D eigenvalue weighted by Gasteiger charge is 2.24. The number of esters is 1. The number of hydrogen-bond donors (Lipinski definition) is 1. The zero-order valence-electron chi connectivity index (χ0n) is 15.8. The molecule has 1 aliphatic rings. The Morgan fingerprint density at radius 1 is 1.24 bits per heavy atom. The number of carbonyl (C=O) groups is 1. The van der Waals surface area contributed by atoms with Gasteiger partial charge in [-0.15, -0.1) is 21.5 Å². The Labute approximate surface area is 177 Å². The number of rotatable bonds is 4. The number of carbonyl (C=O) groups excluding carboxylic acids is 1. The molecule has 1 saturated heterocycles. The van der Waals surface area contributed by atoms with Gasteiger partial charge in [0.15, 0.2) is 5.11 Å². The summed E-state index contributed by atoms with van der Waals surface area (Å²) < 4.78 is 4.71. The van der Waals surface area contributed by atoms with E-state index in [1.54, 1.807) is 28.3 Å². The van der Waals surface area contributed by atoms with Gasteiger partial charge in [-0.2, -0.15) is 4.80 Å². The van der Waals surface area contributed by atoms with Gasteiger partial charge in [0.25, 0.3) is 0 Å². The maximum Gasteiger partial charge on any atom is 0.337 e. The van der Waals surface area contributed by atoms with E-state index in [1.165, 1.54) is 7.11 Å². The highest BCUT2D eigenvalue weighted by atomic mass is 32.1. The van der Waals surface area contributed by atoms with E-state index in [9.17, 15) is 4.79 Å². The molecule has 150 valence electrons. The van der Waals surface area contributed by atoms with Gasteiger partial charge >= 0.3 is 5.97 Å². The summed E-state index contributed by atoms with van der Waals surface area (Å²) in [7, 11) is 1.37. The fourth-order valence-corrected chi connectivity index (χ4v) is 4.14. The largest absolute Gasteiger partial charge is 0.465 e. The fraction of sp³-hybridized carbons (Fsp3) is 0.316. The van der Waals surface area contributed by atoms with Crippen molar-refractivity contribution >= 4 is 40.3 Å². The van der Waals surface area contributed by atoms with Crippen molar-refractivity contribution in [1.29, 1.82) is 0 Å². The Balaban J connectivity index is 1.31. The number of likely N-dealkylation sites (tertiary alicyclic amines) is 1. The number of thiocarbonyl (C=S) groups is 1. The first-order valence-electron chi connectivity index (χ1n) is 9.22. The summed E-state index contributed by atoms with van der Waals surface area (Å²) >= 11 is 7.16. The lowest BCUT2D eigenvalue weighted by Crippen LogP contribution is -2.41. The number of methoxy groups -OCH3 is 1. The van der Waals surface area contributed by atoms with Crippen LogP contribution in [0.5, 0.6) is 0 Å². The number of tetrazole rings is 1. The lowest BCUT2D eigenvalue weighted by atomic mass is 10.1. The average molecular weight is 429 g/mol. The van der Waals surface area contributed by atoms with Crippen LogP contribution in [0, 0.1) is 0 Å². The quantitative estimate of drug-likeness (QED) is 0.501. The van der Waals surface area contributed by atoms with Crippen LogP contribution in [0.1, 0.15) is 29.2 Å². The van der Waals surface area contributed by atoms with Gasteiger partial charge in [0, 0.05) is 18.8 Å². The van der Waals surface area contributed by atoms with E-state index in [4.69, 9.17) is 17.0 Å². The molecule has 10 heteroatoms. The van der Waals surface area contributed by atoms with Crippen molar-refractivity contribution in [3.63, 3.8) is 0 Å². The lowest BCUT2D eigenvalue weighted by molar-refractivity contribution is 0.0601. The van der Waals surface area contributed by atoms with Crippen LogP contribution in [0.3, 0.4) is 0 Å². The van der Waals surface area contributed by atoms with E-state index >= 15 is 0 Å². The SMILES string of the molecule is COC(=O)c1ccc(NC(=S)N2CCC(n3nnc(-c4cccs4)n3)CC2)cc1. The molecule has 0 saturated carbocycles. The van der Waals surface area contributed by atoms with E-state index in [1.807, 2.05) is 29.6 Å². The molecule has 3 heterocycles. The molecule has 2 aromatic heterocycles. The van der Waals surface area contributed by atoms with Gasteiger partial charge in [-0.05, 0) is 66.0 Å². The highest BCUT2D eigenvalue weighted by Crippen LogP contribution is 2.24. The number of thiophene rings is 1. The molecule has 0 unspecified atom stereocenters. The first-order chi connectivity index (χ1) is 14.1. The predicted molar refractivity (Wildman–Crippen MR) is 115 cm³/mol. The molecule has 0 aliphatic carbocycles. The van der Waals surface area contributed by atoms with Gasteiger partial charge in [-0.1, -0.05) is 6.07 Å². The topological polar surface area (TPSA) is 85.2 Å². The average Bonchev–Trinajstić information content (AvgIpc) is 3.46. The minimum absolute atomic E-state index is 0.217. The number of hydrogen-bond acceptors (Lipinski definition) is 7. The van der Waals surface area contributed by atoms with Crippen LogP contribution in [0.15, 0.2) is 41.8 Å². The Bertz CT molecular complexity index is 979. The van der Waals surface area contributed by atoms with Crippen LogP contribution in [0.4, 0.5) is 5.69 Å². The third-order valence-electron chi connectivity index (χ3n) is 4.81. The van der Waals surface area contributed by atoms with Crippen molar-refractivity contribution < 1.29 is 9.53 Å². The van der Waals surface area contributed by atoms with Gasteiger partial charge in [0.05, 0.1) is 23.6 Å². The molecule has 0 radical (unpaired) electrons. The third-order valence-corrected chi connectivity index (χ3v) is 6.03. The molecule has 3 aromatic rings. The Morgan fingerprint density at radius 3 is 2.66 bits per heavy atom. The molecule has 0 atom stereocenters. The van der Waals surface area contributed by atoms with E-state index in [0.29, 0.717) is 16.5 Å². The standard InChI is InChI=1S/C19H20N6O2S2/c1-27-18(26)13-4-6-14(7-5-13)20-19(28)24-10-8-15(9-11-24)25-22-17(21-23-25)16-3-2-12-29-16/h2-7,12,15H,8-11H2,1H3,(H,20,28). The molecule has 1 N–H and O–H groups in total. The van der Waals surface area contributed by atoms with Gasteiger partial charge in [-0.25, -0.2) is 4.79 Å². The molecular weight excluding hydrogens is 408 g/mol. The highest BCUT2D eigenvalue weighted by molar-refractivity contribution is 7.80. The van der Waals surface area contributed by atoms with E-state index in [-0.39, 0.29) is 12.0 Å². The second-order valence-corrected chi connectivity index (χ2v) is 7.96. The normalized spacial score (nSPS) is 14.6. The summed E-state index contributed by atoms with van der Waals surface area (Å²) in [6.45, 7) is 1.62. The Hall–Kier alpha value is -2.85. The number of piperidine rings is 1. The number of benzene rings is 1. The zero-order valence-corrected chi connectivity index (χ0v) is 17.4. The number of anilines is 1. The molecule has 8 nitrogen and oxygen atoms in total. The first kappa shape index (κ1) is 19.5. The van der Waals surface area contributed by atoms with Crippen LogP contribution < -0.4 is 5.32 Å². The number of ether oxygens (including phenoxy) is 1. The minimum atomic E-state index is -0.356. The van der Waals surface area contributed by atoms with Crippen molar-refractivity contribution in [2.45, 2.75) is 18.9 Å². The van der Waals surface area contributed by atoms with Gasteiger partial charge < -0.3 is 15.0 Å². The van der Waals surface area contributed by atoms with Gasteiger partial charge in [0.1, 0.15) is 0 Å². The second kappa shape index (κ2) is 8.66. The van der Waals surface area contributed by atoms with Crippen molar-refractivity contribution in [1.82, 2.24) is 25.1 Å². The summed E-state index contributed by atoms with van der Waals surface area (Å²) in [6.07, 6.45) is 1.78. The van der Waals surface area contributed by atoms with E-state index < -0.39 is 0 Å². The summed E-state index contributed by atoms with van der Waals surface area (Å²) in [5.74, 6) is 0.320. The maximum atomic E-state index is 11.5. The number of aromatic nitrogens is 4. The van der Waals surface area contributed by atoms with Crippen molar-refractivity contribution in [2.24, 2.45) is 0 Å². The van der Waals surface area contributed by atoms with E-state index in [0.717, 1.165) is 36.5 Å². The van der Waals surface area contributed by atoms with Crippen LogP contribution in [0.25, 0.3) is 10.7 Å². The smallest absolute Gasteiger partial charge is 0.337 e. The minimum Gasteiger partial charge on any atom is -0.465 e. The predicted octanol–water partition coefficient (Wildman–Crippen LogP) is 3.22. The third kappa shape index (κ3) is 4.43. The molecule has 1 aliphatic heterocycles. The summed E-state index contributed by atoms with van der Waals surface area (Å²) in [5, 5.41) is 18.9. The monoisotopic (exact) mass is 428 g/mol. The van der Waals surface area contributed by atoms with Gasteiger partial charge in [-0.3, -0.25) is 0 Å². The fourth-order valence-electron chi connectivity index (χ4n) is 3.19. The second-order valence-electron chi connectivity index (χ2n) is 6.63.